The molecule has 2 heterocycles. The number of furan rings is 1. The molecule has 1 aliphatic heterocycles. The fourth-order valence-electron chi connectivity index (χ4n) is 2.41. The van der Waals surface area contributed by atoms with Gasteiger partial charge in [0.1, 0.15) is 5.76 Å². The van der Waals surface area contributed by atoms with E-state index in [1.165, 1.54) is 0 Å². The molecule has 2 rings (SSSR count). The molecule has 0 aromatic carbocycles. The van der Waals surface area contributed by atoms with E-state index in [0.717, 1.165) is 37.3 Å². The lowest BCUT2D eigenvalue weighted by Gasteiger charge is -2.29. The van der Waals surface area contributed by atoms with Crippen molar-refractivity contribution in [3.8, 4) is 0 Å². The Morgan fingerprint density at radius 3 is 3.00 bits per heavy atom. The van der Waals surface area contributed by atoms with Crippen LogP contribution in [0.4, 0.5) is 0 Å². The van der Waals surface area contributed by atoms with Crippen molar-refractivity contribution in [2.45, 2.75) is 39.7 Å². The van der Waals surface area contributed by atoms with Gasteiger partial charge in [-0.05, 0) is 37.4 Å². The molecular formula is C14H22N2O2. The summed E-state index contributed by atoms with van der Waals surface area (Å²) in [6, 6.07) is 2.02. The van der Waals surface area contributed by atoms with Crippen LogP contribution in [-0.2, 0) is 6.42 Å². The molecule has 0 aliphatic carbocycles. The lowest BCUT2D eigenvalue weighted by Crippen LogP contribution is -2.50. The summed E-state index contributed by atoms with van der Waals surface area (Å²) >= 11 is 0. The minimum Gasteiger partial charge on any atom is -0.456 e. The third kappa shape index (κ3) is 2.75. The lowest BCUT2D eigenvalue weighted by atomic mass is 9.95. The number of carbonyl (C=O) groups is 1. The number of rotatable bonds is 3. The van der Waals surface area contributed by atoms with Gasteiger partial charge in [0.25, 0.3) is 5.91 Å². The van der Waals surface area contributed by atoms with Crippen LogP contribution in [0.5, 0.6) is 0 Å². The van der Waals surface area contributed by atoms with E-state index in [4.69, 9.17) is 4.42 Å². The first-order valence-electron chi connectivity index (χ1n) is 6.72. The fraction of sp³-hybridized carbons (Fsp3) is 0.643. The van der Waals surface area contributed by atoms with Crippen LogP contribution in [0.15, 0.2) is 10.5 Å². The Balaban J connectivity index is 2.02. The van der Waals surface area contributed by atoms with Crippen LogP contribution in [0.2, 0.25) is 0 Å². The minimum atomic E-state index is -0.0988. The zero-order valence-electron chi connectivity index (χ0n) is 11.4. The highest BCUT2D eigenvalue weighted by Gasteiger charge is 2.24. The molecule has 0 saturated carbocycles. The van der Waals surface area contributed by atoms with Crippen molar-refractivity contribution < 1.29 is 9.21 Å². The Morgan fingerprint density at radius 1 is 1.61 bits per heavy atom. The second-order valence-electron chi connectivity index (χ2n) is 5.12. The van der Waals surface area contributed by atoms with Gasteiger partial charge in [-0.25, -0.2) is 0 Å². The van der Waals surface area contributed by atoms with Gasteiger partial charge >= 0.3 is 0 Å². The van der Waals surface area contributed by atoms with Gasteiger partial charge in [-0.15, -0.1) is 0 Å². The molecule has 2 atom stereocenters. The molecule has 1 saturated heterocycles. The Kier molecular flexibility index (Phi) is 4.07. The van der Waals surface area contributed by atoms with Crippen molar-refractivity contribution in [3.63, 3.8) is 0 Å². The van der Waals surface area contributed by atoms with Gasteiger partial charge in [0, 0.05) is 19.0 Å². The maximum atomic E-state index is 12.1. The maximum Gasteiger partial charge on any atom is 0.287 e. The predicted octanol–water partition coefficient (Wildman–Crippen LogP) is 1.88. The summed E-state index contributed by atoms with van der Waals surface area (Å²) in [6.45, 7) is 8.06. The van der Waals surface area contributed by atoms with Crippen molar-refractivity contribution in [1.29, 1.82) is 0 Å². The Labute approximate surface area is 108 Å². The van der Waals surface area contributed by atoms with E-state index in [0.29, 0.717) is 11.7 Å². The van der Waals surface area contributed by atoms with Crippen molar-refractivity contribution in [2.24, 2.45) is 5.92 Å². The smallest absolute Gasteiger partial charge is 0.287 e. The van der Waals surface area contributed by atoms with E-state index in [2.05, 4.69) is 17.6 Å². The number of amides is 1. The number of hydrogen-bond acceptors (Lipinski definition) is 3. The number of carbonyl (C=O) groups excluding carboxylic acids is 1. The van der Waals surface area contributed by atoms with E-state index in [1.807, 2.05) is 19.9 Å². The Morgan fingerprint density at radius 2 is 2.39 bits per heavy atom. The highest BCUT2D eigenvalue weighted by atomic mass is 16.4. The molecule has 1 aromatic rings. The van der Waals surface area contributed by atoms with Crippen LogP contribution >= 0.6 is 0 Å². The molecule has 4 nitrogen and oxygen atoms in total. The van der Waals surface area contributed by atoms with Crippen molar-refractivity contribution in [1.82, 2.24) is 10.6 Å². The monoisotopic (exact) mass is 250 g/mol. The van der Waals surface area contributed by atoms with Crippen LogP contribution in [0.25, 0.3) is 0 Å². The Hall–Kier alpha value is -1.29. The molecule has 0 bridgehead atoms. The predicted molar refractivity (Wildman–Crippen MR) is 70.7 cm³/mol. The first kappa shape index (κ1) is 13.1. The summed E-state index contributed by atoms with van der Waals surface area (Å²) in [5.41, 5.74) is 1.05. The first-order chi connectivity index (χ1) is 8.61. The van der Waals surface area contributed by atoms with E-state index < -0.39 is 0 Å². The molecule has 0 spiro atoms. The lowest BCUT2D eigenvalue weighted by molar-refractivity contribution is 0.0885. The molecule has 18 heavy (non-hydrogen) atoms. The number of aryl methyl sites for hydroxylation is 2. The first-order valence-corrected chi connectivity index (χ1v) is 6.72. The molecule has 4 heteroatoms. The van der Waals surface area contributed by atoms with E-state index in [9.17, 15) is 4.79 Å². The topological polar surface area (TPSA) is 54.3 Å². The van der Waals surface area contributed by atoms with Crippen molar-refractivity contribution in [2.75, 3.05) is 13.1 Å². The van der Waals surface area contributed by atoms with Crippen molar-refractivity contribution in [3.05, 3.63) is 23.2 Å². The SMILES string of the molecule is CCc1oc(C(=O)NC2CNCCC2C)cc1C. The highest BCUT2D eigenvalue weighted by Crippen LogP contribution is 2.16. The van der Waals surface area contributed by atoms with E-state index in [1.54, 1.807) is 0 Å². The molecule has 100 valence electrons. The average Bonchev–Trinajstić information content (AvgIpc) is 2.73. The summed E-state index contributed by atoms with van der Waals surface area (Å²) in [5.74, 6) is 1.74. The summed E-state index contributed by atoms with van der Waals surface area (Å²) in [5, 5.41) is 6.36. The molecule has 1 amide bonds. The van der Waals surface area contributed by atoms with E-state index in [-0.39, 0.29) is 11.9 Å². The average molecular weight is 250 g/mol. The Bertz CT molecular complexity index is 425. The third-order valence-corrected chi connectivity index (χ3v) is 3.71. The highest BCUT2D eigenvalue weighted by molar-refractivity contribution is 5.92. The van der Waals surface area contributed by atoms with Gasteiger partial charge in [0.2, 0.25) is 0 Å². The number of piperidine rings is 1. The maximum absolute atomic E-state index is 12.1. The normalized spacial score (nSPS) is 23.9. The second kappa shape index (κ2) is 5.57. The quantitative estimate of drug-likeness (QED) is 0.861. The summed E-state index contributed by atoms with van der Waals surface area (Å²) in [4.78, 5) is 12.1. The summed E-state index contributed by atoms with van der Waals surface area (Å²) in [7, 11) is 0. The van der Waals surface area contributed by atoms with Gasteiger partial charge in [-0.3, -0.25) is 4.79 Å². The molecule has 0 radical (unpaired) electrons. The van der Waals surface area contributed by atoms with Crippen molar-refractivity contribution >= 4 is 5.91 Å². The zero-order valence-corrected chi connectivity index (χ0v) is 11.4. The molecular weight excluding hydrogens is 228 g/mol. The zero-order chi connectivity index (χ0) is 13.1. The third-order valence-electron chi connectivity index (χ3n) is 3.71. The largest absolute Gasteiger partial charge is 0.456 e. The van der Waals surface area contributed by atoms with Gasteiger partial charge in [-0.1, -0.05) is 13.8 Å². The van der Waals surface area contributed by atoms with Gasteiger partial charge in [0.05, 0.1) is 0 Å². The van der Waals surface area contributed by atoms with E-state index >= 15 is 0 Å². The van der Waals surface area contributed by atoms with Crippen LogP contribution in [0, 0.1) is 12.8 Å². The number of nitrogens with one attached hydrogen (secondary N) is 2. The van der Waals surface area contributed by atoms with Crippen LogP contribution in [0.1, 0.15) is 42.1 Å². The molecule has 1 fully saturated rings. The summed E-state index contributed by atoms with van der Waals surface area (Å²) < 4.78 is 5.57. The molecule has 2 unspecified atom stereocenters. The molecule has 1 aromatic heterocycles. The second-order valence-corrected chi connectivity index (χ2v) is 5.12. The number of hydrogen-bond donors (Lipinski definition) is 2. The van der Waals surface area contributed by atoms with Gasteiger partial charge < -0.3 is 15.1 Å². The van der Waals surface area contributed by atoms with Crippen LogP contribution in [-0.4, -0.2) is 25.0 Å². The fourth-order valence-corrected chi connectivity index (χ4v) is 2.41. The standard InChI is InChI=1S/C14H22N2O2/c1-4-12-10(3)7-13(18-12)14(17)16-11-8-15-6-5-9(11)2/h7,9,11,15H,4-6,8H2,1-3H3,(H,16,17). The molecule has 2 N–H and O–H groups in total. The summed E-state index contributed by atoms with van der Waals surface area (Å²) in [6.07, 6.45) is 1.92. The minimum absolute atomic E-state index is 0.0988. The van der Waals surface area contributed by atoms with Crippen LogP contribution < -0.4 is 10.6 Å². The van der Waals surface area contributed by atoms with Gasteiger partial charge in [0.15, 0.2) is 5.76 Å². The van der Waals surface area contributed by atoms with Crippen LogP contribution in [0.3, 0.4) is 0 Å². The molecule has 1 aliphatic rings. The van der Waals surface area contributed by atoms with Gasteiger partial charge in [-0.2, -0.15) is 0 Å².